The molecule has 6 heteroatoms. The average molecular weight is 326 g/mol. The standard InChI is InChI=1S/C18H14O6/c19-12-4-1-9(7-13(12)20)15-5-2-11-10-3-6-17(22)23-16(10)8-14(21)18(11)24-15/h1,3-4,6-8,15,19-21H,2,5H2/t15-/m0/s1. The molecular formula is C18H14O6. The van der Waals surface area contributed by atoms with E-state index < -0.39 is 5.63 Å². The first kappa shape index (κ1) is 14.4. The van der Waals surface area contributed by atoms with Crippen molar-refractivity contribution < 1.29 is 24.5 Å². The molecule has 0 saturated carbocycles. The second-order valence-corrected chi connectivity index (χ2v) is 5.76. The van der Waals surface area contributed by atoms with E-state index in [0.717, 1.165) is 10.9 Å². The first-order chi connectivity index (χ1) is 11.5. The lowest BCUT2D eigenvalue weighted by atomic mass is 9.94. The summed E-state index contributed by atoms with van der Waals surface area (Å²) in [5.74, 6) is -0.162. The van der Waals surface area contributed by atoms with Crippen molar-refractivity contribution in [3.05, 3.63) is 57.9 Å². The SMILES string of the molecule is O=c1ccc2c3c(c(O)cc2o1)O[C@H](c1ccc(O)c(O)c1)CC3. The second kappa shape index (κ2) is 5.19. The summed E-state index contributed by atoms with van der Waals surface area (Å²) in [4.78, 5) is 11.3. The maximum atomic E-state index is 11.3. The minimum Gasteiger partial charge on any atom is -0.504 e. The van der Waals surface area contributed by atoms with Crippen molar-refractivity contribution in [3.63, 3.8) is 0 Å². The Morgan fingerprint density at radius 2 is 1.79 bits per heavy atom. The lowest BCUT2D eigenvalue weighted by molar-refractivity contribution is 0.169. The highest BCUT2D eigenvalue weighted by molar-refractivity contribution is 5.85. The summed E-state index contributed by atoms with van der Waals surface area (Å²) in [5, 5.41) is 30.0. The zero-order chi connectivity index (χ0) is 16.8. The molecule has 0 bridgehead atoms. The minimum absolute atomic E-state index is 0.0976. The molecule has 1 aliphatic heterocycles. The third-order valence-electron chi connectivity index (χ3n) is 4.25. The van der Waals surface area contributed by atoms with Crippen molar-refractivity contribution in [1.29, 1.82) is 0 Å². The van der Waals surface area contributed by atoms with E-state index in [2.05, 4.69) is 0 Å². The van der Waals surface area contributed by atoms with Crippen LogP contribution in [0.2, 0.25) is 0 Å². The van der Waals surface area contributed by atoms with Crippen LogP contribution < -0.4 is 10.4 Å². The van der Waals surface area contributed by atoms with Crippen molar-refractivity contribution >= 4 is 11.0 Å². The fourth-order valence-corrected chi connectivity index (χ4v) is 3.09. The minimum atomic E-state index is -0.476. The van der Waals surface area contributed by atoms with Crippen LogP contribution in [0.15, 0.2) is 45.6 Å². The Hall–Kier alpha value is -3.15. The first-order valence-corrected chi connectivity index (χ1v) is 7.50. The number of phenols is 3. The van der Waals surface area contributed by atoms with Crippen LogP contribution in [-0.2, 0) is 6.42 Å². The Morgan fingerprint density at radius 1 is 0.958 bits per heavy atom. The summed E-state index contributed by atoms with van der Waals surface area (Å²) in [7, 11) is 0. The number of rotatable bonds is 1. The lowest BCUT2D eigenvalue weighted by Gasteiger charge is -2.27. The highest BCUT2D eigenvalue weighted by Gasteiger charge is 2.27. The Balaban J connectivity index is 1.78. The third kappa shape index (κ3) is 2.23. The van der Waals surface area contributed by atoms with Gasteiger partial charge in [-0.3, -0.25) is 0 Å². The molecule has 0 aliphatic carbocycles. The molecule has 2 heterocycles. The topological polar surface area (TPSA) is 100 Å². The van der Waals surface area contributed by atoms with E-state index in [4.69, 9.17) is 9.15 Å². The number of hydrogen-bond acceptors (Lipinski definition) is 6. The van der Waals surface area contributed by atoms with E-state index in [0.29, 0.717) is 29.7 Å². The molecule has 24 heavy (non-hydrogen) atoms. The second-order valence-electron chi connectivity index (χ2n) is 5.76. The Morgan fingerprint density at radius 3 is 2.58 bits per heavy atom. The van der Waals surface area contributed by atoms with Gasteiger partial charge in [0.1, 0.15) is 11.7 Å². The van der Waals surface area contributed by atoms with Gasteiger partial charge in [0.05, 0.1) is 0 Å². The fourth-order valence-electron chi connectivity index (χ4n) is 3.09. The van der Waals surface area contributed by atoms with Crippen LogP contribution in [0.25, 0.3) is 11.0 Å². The number of aryl methyl sites for hydroxylation is 1. The zero-order valence-corrected chi connectivity index (χ0v) is 12.5. The maximum Gasteiger partial charge on any atom is 0.336 e. The molecule has 0 amide bonds. The number of hydrogen-bond donors (Lipinski definition) is 3. The van der Waals surface area contributed by atoms with Gasteiger partial charge in [0, 0.05) is 23.1 Å². The molecule has 4 rings (SSSR count). The molecule has 0 unspecified atom stereocenters. The Kier molecular flexibility index (Phi) is 3.13. The number of phenolic OH excluding ortho intramolecular Hbond substituents is 3. The number of ether oxygens (including phenoxy) is 1. The van der Waals surface area contributed by atoms with Crippen LogP contribution >= 0.6 is 0 Å². The van der Waals surface area contributed by atoms with E-state index in [-0.39, 0.29) is 23.4 Å². The van der Waals surface area contributed by atoms with Crippen LogP contribution in [0, 0.1) is 0 Å². The average Bonchev–Trinajstić information content (AvgIpc) is 2.57. The quantitative estimate of drug-likeness (QED) is 0.469. The van der Waals surface area contributed by atoms with Crippen molar-refractivity contribution in [2.45, 2.75) is 18.9 Å². The van der Waals surface area contributed by atoms with E-state index in [1.165, 1.54) is 24.3 Å². The molecule has 0 saturated heterocycles. The van der Waals surface area contributed by atoms with Gasteiger partial charge in [0.2, 0.25) is 0 Å². The summed E-state index contributed by atoms with van der Waals surface area (Å²) in [6, 6.07) is 8.88. The molecule has 0 radical (unpaired) electrons. The molecule has 6 nitrogen and oxygen atoms in total. The molecule has 3 aromatic rings. The third-order valence-corrected chi connectivity index (χ3v) is 4.25. The van der Waals surface area contributed by atoms with Gasteiger partial charge in [-0.15, -0.1) is 0 Å². The Labute approximate surface area is 136 Å². The van der Waals surface area contributed by atoms with Gasteiger partial charge in [-0.1, -0.05) is 6.07 Å². The molecule has 0 spiro atoms. The normalized spacial score (nSPS) is 16.6. The molecule has 1 aliphatic rings. The molecule has 1 aromatic heterocycles. The highest BCUT2D eigenvalue weighted by atomic mass is 16.5. The van der Waals surface area contributed by atoms with Gasteiger partial charge in [0.25, 0.3) is 0 Å². The summed E-state index contributed by atoms with van der Waals surface area (Å²) in [6.45, 7) is 0. The van der Waals surface area contributed by atoms with Gasteiger partial charge in [-0.2, -0.15) is 0 Å². The van der Waals surface area contributed by atoms with Crippen molar-refractivity contribution in [3.8, 4) is 23.0 Å². The zero-order valence-electron chi connectivity index (χ0n) is 12.5. The van der Waals surface area contributed by atoms with E-state index >= 15 is 0 Å². The molecule has 122 valence electrons. The summed E-state index contributed by atoms with van der Waals surface area (Å²) >= 11 is 0. The highest BCUT2D eigenvalue weighted by Crippen LogP contribution is 2.44. The smallest absolute Gasteiger partial charge is 0.336 e. The van der Waals surface area contributed by atoms with E-state index in [9.17, 15) is 20.1 Å². The van der Waals surface area contributed by atoms with Crippen LogP contribution in [0.5, 0.6) is 23.0 Å². The Bertz CT molecular complexity index is 1000. The van der Waals surface area contributed by atoms with Crippen LogP contribution in [0.4, 0.5) is 0 Å². The van der Waals surface area contributed by atoms with Crippen LogP contribution in [0.1, 0.15) is 23.7 Å². The number of benzene rings is 2. The maximum absolute atomic E-state index is 11.3. The molecule has 0 fully saturated rings. The van der Waals surface area contributed by atoms with Gasteiger partial charge in [-0.25, -0.2) is 4.79 Å². The van der Waals surface area contributed by atoms with Gasteiger partial charge in [0.15, 0.2) is 23.0 Å². The van der Waals surface area contributed by atoms with Crippen molar-refractivity contribution in [1.82, 2.24) is 0 Å². The summed E-state index contributed by atoms with van der Waals surface area (Å²) in [5.41, 5.74) is 1.34. The molecule has 2 aromatic carbocycles. The van der Waals surface area contributed by atoms with Gasteiger partial charge >= 0.3 is 5.63 Å². The monoisotopic (exact) mass is 326 g/mol. The van der Waals surface area contributed by atoms with Gasteiger partial charge < -0.3 is 24.5 Å². The van der Waals surface area contributed by atoms with Crippen LogP contribution in [-0.4, -0.2) is 15.3 Å². The predicted molar refractivity (Wildman–Crippen MR) is 85.6 cm³/mol. The van der Waals surface area contributed by atoms with Gasteiger partial charge in [-0.05, 0) is 36.6 Å². The fraction of sp³-hybridized carbons (Fsp3) is 0.167. The predicted octanol–water partition coefficient (Wildman–Crippen LogP) is 2.98. The number of aromatic hydroxyl groups is 3. The van der Waals surface area contributed by atoms with Crippen molar-refractivity contribution in [2.24, 2.45) is 0 Å². The summed E-state index contributed by atoms with van der Waals surface area (Å²) in [6.07, 6.45) is 0.873. The number of fused-ring (bicyclic) bond motifs is 3. The first-order valence-electron chi connectivity index (χ1n) is 7.50. The molecular weight excluding hydrogens is 312 g/mol. The molecule has 1 atom stereocenters. The van der Waals surface area contributed by atoms with E-state index in [1.54, 1.807) is 12.1 Å². The summed E-state index contributed by atoms with van der Waals surface area (Å²) < 4.78 is 11.0. The molecule has 3 N–H and O–H groups in total. The van der Waals surface area contributed by atoms with Crippen molar-refractivity contribution in [2.75, 3.05) is 0 Å². The largest absolute Gasteiger partial charge is 0.504 e. The van der Waals surface area contributed by atoms with Crippen LogP contribution in [0.3, 0.4) is 0 Å². The van der Waals surface area contributed by atoms with E-state index in [1.807, 2.05) is 0 Å². The lowest BCUT2D eigenvalue weighted by Crippen LogP contribution is -2.15.